The minimum atomic E-state index is 0.172. The van der Waals surface area contributed by atoms with Crippen LogP contribution in [0.4, 0.5) is 0 Å². The highest BCUT2D eigenvalue weighted by molar-refractivity contribution is 5.34. The van der Waals surface area contributed by atoms with Crippen LogP contribution in [0.1, 0.15) is 23.6 Å². The highest BCUT2D eigenvalue weighted by Crippen LogP contribution is 2.15. The summed E-state index contributed by atoms with van der Waals surface area (Å²) in [5.41, 5.74) is 2.17. The minimum absolute atomic E-state index is 0.172. The summed E-state index contributed by atoms with van der Waals surface area (Å²) in [7, 11) is 0. The van der Waals surface area contributed by atoms with Crippen LogP contribution in [0.5, 0.6) is 0 Å². The normalized spacial score (nSPS) is 13.5. The van der Waals surface area contributed by atoms with Crippen molar-refractivity contribution in [1.82, 2.24) is 9.55 Å². The van der Waals surface area contributed by atoms with Gasteiger partial charge in [0.2, 0.25) is 0 Å². The van der Waals surface area contributed by atoms with E-state index in [0.717, 1.165) is 17.8 Å². The molecule has 4 heteroatoms. The van der Waals surface area contributed by atoms with E-state index in [1.807, 2.05) is 29.7 Å². The molecule has 0 saturated carbocycles. The van der Waals surface area contributed by atoms with Gasteiger partial charge < -0.3 is 4.57 Å². The van der Waals surface area contributed by atoms with Crippen LogP contribution in [0.3, 0.4) is 0 Å². The van der Waals surface area contributed by atoms with Crippen molar-refractivity contribution in [3.8, 4) is 12.1 Å². The molecule has 0 radical (unpaired) electrons. The van der Waals surface area contributed by atoms with Crippen molar-refractivity contribution < 1.29 is 0 Å². The molecular weight excluding hydrogens is 236 g/mol. The first-order chi connectivity index (χ1) is 9.26. The molecule has 0 saturated heterocycles. The van der Waals surface area contributed by atoms with Gasteiger partial charge in [0.1, 0.15) is 17.6 Å². The number of nitriles is 2. The van der Waals surface area contributed by atoms with Crippen molar-refractivity contribution in [3.05, 3.63) is 53.2 Å². The van der Waals surface area contributed by atoms with Gasteiger partial charge in [-0.2, -0.15) is 10.5 Å². The molecule has 0 bridgehead atoms. The molecule has 0 aromatic carbocycles. The van der Waals surface area contributed by atoms with E-state index < -0.39 is 0 Å². The monoisotopic (exact) mass is 250 g/mol. The van der Waals surface area contributed by atoms with E-state index in [4.69, 9.17) is 5.26 Å². The Kier molecular flexibility index (Phi) is 3.95. The molecular formula is C15H14N4. The summed E-state index contributed by atoms with van der Waals surface area (Å²) in [5.74, 6) is 0.768. The van der Waals surface area contributed by atoms with Crippen molar-refractivity contribution in [2.24, 2.45) is 0 Å². The van der Waals surface area contributed by atoms with E-state index in [9.17, 15) is 5.26 Å². The van der Waals surface area contributed by atoms with Crippen molar-refractivity contribution in [2.75, 3.05) is 0 Å². The average Bonchev–Trinajstić information content (AvgIpc) is 2.59. The Bertz CT molecular complexity index is 645. The van der Waals surface area contributed by atoms with Crippen molar-refractivity contribution in [2.45, 2.75) is 26.3 Å². The molecule has 0 N–H and O–H groups in total. The lowest BCUT2D eigenvalue weighted by atomic mass is 10.2. The van der Waals surface area contributed by atoms with Crippen molar-refractivity contribution >= 4 is 0 Å². The number of aryl methyl sites for hydroxylation is 1. The second-order valence-corrected chi connectivity index (χ2v) is 4.29. The van der Waals surface area contributed by atoms with Crippen LogP contribution in [0.15, 0.2) is 36.0 Å². The average molecular weight is 250 g/mol. The summed E-state index contributed by atoms with van der Waals surface area (Å²) >= 11 is 0. The van der Waals surface area contributed by atoms with Crippen LogP contribution in [0, 0.1) is 29.6 Å². The fourth-order valence-electron chi connectivity index (χ4n) is 2.05. The molecule has 0 amide bonds. The predicted octanol–water partition coefficient (Wildman–Crippen LogP) is 2.57. The Morgan fingerprint density at radius 1 is 1.37 bits per heavy atom. The Labute approximate surface area is 112 Å². The van der Waals surface area contributed by atoms with Gasteiger partial charge in [0, 0.05) is 6.54 Å². The summed E-state index contributed by atoms with van der Waals surface area (Å²) in [5, 5.41) is 18.0. The zero-order valence-electron chi connectivity index (χ0n) is 10.8. The van der Waals surface area contributed by atoms with Gasteiger partial charge in [-0.05, 0) is 18.9 Å². The van der Waals surface area contributed by atoms with Crippen LogP contribution in [-0.4, -0.2) is 9.55 Å². The number of nitrogens with zero attached hydrogens (tertiary/aromatic N) is 4. The Hall–Kier alpha value is -2.59. The summed E-state index contributed by atoms with van der Waals surface area (Å²) in [6.07, 6.45) is 11.4. The molecule has 2 rings (SSSR count). The summed E-state index contributed by atoms with van der Waals surface area (Å²) < 4.78 is 1.86. The maximum Gasteiger partial charge on any atom is 0.144 e. The lowest BCUT2D eigenvalue weighted by Gasteiger charge is -2.07. The maximum absolute atomic E-state index is 9.25. The Balaban J connectivity index is 2.35. The summed E-state index contributed by atoms with van der Waals surface area (Å²) in [6, 6.07) is 4.20. The number of allylic oxidation sites excluding steroid dienone is 6. The lowest BCUT2D eigenvalue weighted by Crippen LogP contribution is -2.05. The summed E-state index contributed by atoms with van der Waals surface area (Å²) in [4.78, 5) is 4.31. The molecule has 0 unspecified atom stereocenters. The first-order valence-corrected chi connectivity index (χ1v) is 6.11. The van der Waals surface area contributed by atoms with E-state index in [2.05, 4.69) is 29.3 Å². The molecule has 0 atom stereocenters. The van der Waals surface area contributed by atoms with E-state index in [-0.39, 0.29) is 6.42 Å². The highest BCUT2D eigenvalue weighted by atomic mass is 15.1. The Morgan fingerprint density at radius 2 is 2.21 bits per heavy atom. The number of imidazole rings is 1. The van der Waals surface area contributed by atoms with E-state index in [0.29, 0.717) is 17.9 Å². The number of aromatic nitrogens is 2. The molecule has 0 fully saturated rings. The third kappa shape index (κ3) is 2.81. The minimum Gasteiger partial charge on any atom is -0.315 e. The lowest BCUT2D eigenvalue weighted by molar-refractivity contribution is 0.750. The first kappa shape index (κ1) is 12.9. The van der Waals surface area contributed by atoms with Crippen LogP contribution in [-0.2, 0) is 13.0 Å². The van der Waals surface area contributed by atoms with Crippen LogP contribution in [0.2, 0.25) is 0 Å². The molecule has 1 aliphatic rings. The molecule has 0 aliphatic heterocycles. The topological polar surface area (TPSA) is 65.4 Å². The quantitative estimate of drug-likeness (QED) is 0.828. The van der Waals surface area contributed by atoms with Crippen molar-refractivity contribution in [1.29, 1.82) is 10.5 Å². The zero-order valence-corrected chi connectivity index (χ0v) is 10.8. The molecule has 4 nitrogen and oxygen atoms in total. The maximum atomic E-state index is 9.25. The van der Waals surface area contributed by atoms with E-state index in [1.54, 1.807) is 0 Å². The number of hydrogen-bond acceptors (Lipinski definition) is 3. The summed E-state index contributed by atoms with van der Waals surface area (Å²) in [6.45, 7) is 2.46. The van der Waals surface area contributed by atoms with Gasteiger partial charge in [0.05, 0.1) is 18.2 Å². The van der Waals surface area contributed by atoms with E-state index >= 15 is 0 Å². The zero-order chi connectivity index (χ0) is 13.7. The SMILES string of the molecule is Cc1nc(CC#N)c(C#N)n1CC1=CC=CCC=C1. The smallest absolute Gasteiger partial charge is 0.144 e. The van der Waals surface area contributed by atoms with Gasteiger partial charge in [-0.1, -0.05) is 30.4 Å². The number of hydrogen-bond donors (Lipinski definition) is 0. The third-order valence-electron chi connectivity index (χ3n) is 2.97. The van der Waals surface area contributed by atoms with Crippen LogP contribution < -0.4 is 0 Å². The van der Waals surface area contributed by atoms with Gasteiger partial charge in [-0.25, -0.2) is 4.98 Å². The molecule has 1 aliphatic carbocycles. The molecule has 1 aromatic rings. The standard InChI is InChI=1S/C15H14N4/c1-12-18-14(8-9-16)15(10-17)19(12)11-13-6-4-2-3-5-7-13/h2,4-7H,3,8,11H2,1H3. The largest absolute Gasteiger partial charge is 0.315 e. The van der Waals surface area contributed by atoms with Crippen molar-refractivity contribution in [3.63, 3.8) is 0 Å². The predicted molar refractivity (Wildman–Crippen MR) is 72.0 cm³/mol. The fraction of sp³-hybridized carbons (Fsp3) is 0.267. The third-order valence-corrected chi connectivity index (χ3v) is 2.97. The molecule has 1 aromatic heterocycles. The Morgan fingerprint density at radius 3 is 2.95 bits per heavy atom. The molecule has 1 heterocycles. The van der Waals surface area contributed by atoms with Gasteiger partial charge in [0.15, 0.2) is 0 Å². The molecule has 19 heavy (non-hydrogen) atoms. The van der Waals surface area contributed by atoms with Crippen LogP contribution in [0.25, 0.3) is 0 Å². The second-order valence-electron chi connectivity index (χ2n) is 4.29. The highest BCUT2D eigenvalue weighted by Gasteiger charge is 2.14. The molecule has 0 spiro atoms. The van der Waals surface area contributed by atoms with E-state index in [1.165, 1.54) is 0 Å². The molecule has 94 valence electrons. The second kappa shape index (κ2) is 5.84. The fourth-order valence-corrected chi connectivity index (χ4v) is 2.05. The first-order valence-electron chi connectivity index (χ1n) is 6.11. The van der Waals surface area contributed by atoms with Gasteiger partial charge >= 0.3 is 0 Å². The number of rotatable bonds is 3. The van der Waals surface area contributed by atoms with Gasteiger partial charge in [-0.15, -0.1) is 0 Å². The van der Waals surface area contributed by atoms with Gasteiger partial charge in [-0.3, -0.25) is 0 Å². The van der Waals surface area contributed by atoms with Gasteiger partial charge in [0.25, 0.3) is 0 Å². The van der Waals surface area contributed by atoms with Crippen LogP contribution >= 0.6 is 0 Å².